The fraction of sp³-hybridized carbons (Fsp3) is 0.333. The molecule has 1 aliphatic carbocycles. The summed E-state index contributed by atoms with van der Waals surface area (Å²) in [5, 5.41) is 6.67. The normalized spacial score (nSPS) is 14.6. The Morgan fingerprint density at radius 3 is 2.75 bits per heavy atom. The molecule has 2 aromatic rings. The van der Waals surface area contributed by atoms with Crippen LogP contribution in [0.5, 0.6) is 0 Å². The number of anilines is 3. The molecule has 0 aliphatic heterocycles. The zero-order valence-corrected chi connectivity index (χ0v) is 11.5. The van der Waals surface area contributed by atoms with Crippen LogP contribution in [0.2, 0.25) is 0 Å². The van der Waals surface area contributed by atoms with Gasteiger partial charge in [0.05, 0.1) is 18.1 Å². The average Bonchev–Trinajstić information content (AvgIpc) is 2.76. The maximum absolute atomic E-state index is 12.1. The van der Waals surface area contributed by atoms with Gasteiger partial charge in [0.25, 0.3) is 5.91 Å². The summed E-state index contributed by atoms with van der Waals surface area (Å²) >= 11 is 1.26. The van der Waals surface area contributed by atoms with Gasteiger partial charge in [0.2, 0.25) is 0 Å². The number of nitrogens with zero attached hydrogens (tertiary/aromatic N) is 3. The summed E-state index contributed by atoms with van der Waals surface area (Å²) < 4.78 is 0. The fourth-order valence-corrected chi connectivity index (χ4v) is 2.69. The van der Waals surface area contributed by atoms with Crippen molar-refractivity contribution in [2.45, 2.75) is 25.3 Å². The summed E-state index contributed by atoms with van der Waals surface area (Å²) in [6.07, 6.45) is 7.97. The van der Waals surface area contributed by atoms with Gasteiger partial charge in [-0.15, -0.1) is 0 Å². The number of carbonyl (C=O) groups is 1. The molecule has 4 N–H and O–H groups in total. The molecule has 8 heteroatoms. The van der Waals surface area contributed by atoms with Crippen LogP contribution in [0.15, 0.2) is 18.7 Å². The van der Waals surface area contributed by atoms with Gasteiger partial charge in [-0.1, -0.05) is 11.3 Å². The maximum atomic E-state index is 12.1. The molecule has 0 atom stereocenters. The average molecular weight is 290 g/mol. The van der Waals surface area contributed by atoms with Gasteiger partial charge in [0.1, 0.15) is 17.0 Å². The van der Waals surface area contributed by atoms with E-state index in [0.29, 0.717) is 21.7 Å². The van der Waals surface area contributed by atoms with Crippen LogP contribution in [0, 0.1) is 0 Å². The van der Waals surface area contributed by atoms with E-state index in [1.165, 1.54) is 36.5 Å². The van der Waals surface area contributed by atoms with Gasteiger partial charge in [-0.25, -0.2) is 15.0 Å². The molecule has 1 fully saturated rings. The van der Waals surface area contributed by atoms with E-state index < -0.39 is 0 Å². The summed E-state index contributed by atoms with van der Waals surface area (Å²) in [4.78, 5) is 24.4. The quantitative estimate of drug-likeness (QED) is 0.792. The highest BCUT2D eigenvalue weighted by molar-refractivity contribution is 7.18. The third-order valence-corrected chi connectivity index (χ3v) is 4.11. The molecule has 2 heterocycles. The van der Waals surface area contributed by atoms with E-state index in [-0.39, 0.29) is 11.7 Å². The number of nitrogen functional groups attached to an aromatic ring is 1. The van der Waals surface area contributed by atoms with Crippen molar-refractivity contribution in [2.75, 3.05) is 16.4 Å². The summed E-state index contributed by atoms with van der Waals surface area (Å²) in [5.74, 6) is -0.0531. The van der Waals surface area contributed by atoms with Crippen LogP contribution < -0.4 is 16.4 Å². The van der Waals surface area contributed by atoms with Crippen molar-refractivity contribution in [1.82, 2.24) is 15.0 Å². The SMILES string of the molecule is Nc1nc(NC2CCC2)sc1C(=O)Nc1cncnc1. The molecule has 0 spiro atoms. The predicted molar refractivity (Wildman–Crippen MR) is 77.8 cm³/mol. The highest BCUT2D eigenvalue weighted by Gasteiger charge is 2.21. The molecule has 0 bridgehead atoms. The van der Waals surface area contributed by atoms with Gasteiger partial charge in [0, 0.05) is 6.04 Å². The van der Waals surface area contributed by atoms with Crippen LogP contribution in [-0.2, 0) is 0 Å². The number of carbonyl (C=O) groups excluding carboxylic acids is 1. The van der Waals surface area contributed by atoms with E-state index in [4.69, 9.17) is 5.73 Å². The summed E-state index contributed by atoms with van der Waals surface area (Å²) in [5.41, 5.74) is 6.33. The first-order chi connectivity index (χ1) is 9.72. The minimum atomic E-state index is -0.295. The van der Waals surface area contributed by atoms with Crippen molar-refractivity contribution in [2.24, 2.45) is 0 Å². The first-order valence-electron chi connectivity index (χ1n) is 6.31. The van der Waals surface area contributed by atoms with Crippen LogP contribution in [0.25, 0.3) is 0 Å². The molecule has 20 heavy (non-hydrogen) atoms. The molecule has 7 nitrogen and oxygen atoms in total. The van der Waals surface area contributed by atoms with Crippen LogP contribution in [0.3, 0.4) is 0 Å². The zero-order chi connectivity index (χ0) is 13.9. The lowest BCUT2D eigenvalue weighted by atomic mass is 9.93. The Labute approximate surface area is 119 Å². The van der Waals surface area contributed by atoms with E-state index in [2.05, 4.69) is 25.6 Å². The lowest BCUT2D eigenvalue weighted by molar-refractivity contribution is 0.103. The molecule has 3 rings (SSSR count). The molecule has 2 aromatic heterocycles. The van der Waals surface area contributed by atoms with E-state index in [0.717, 1.165) is 12.8 Å². The minimum absolute atomic E-state index is 0.242. The van der Waals surface area contributed by atoms with Crippen molar-refractivity contribution >= 4 is 33.9 Å². The highest BCUT2D eigenvalue weighted by atomic mass is 32.1. The number of thiazole rings is 1. The smallest absolute Gasteiger partial charge is 0.269 e. The van der Waals surface area contributed by atoms with Gasteiger partial charge in [0.15, 0.2) is 5.13 Å². The number of amides is 1. The Kier molecular flexibility index (Phi) is 3.46. The minimum Gasteiger partial charge on any atom is -0.382 e. The summed E-state index contributed by atoms with van der Waals surface area (Å²) in [7, 11) is 0. The number of hydrogen-bond acceptors (Lipinski definition) is 7. The van der Waals surface area contributed by atoms with E-state index in [9.17, 15) is 4.79 Å². The van der Waals surface area contributed by atoms with Crippen LogP contribution in [-0.4, -0.2) is 26.9 Å². The first kappa shape index (κ1) is 12.8. The van der Waals surface area contributed by atoms with Gasteiger partial charge in [-0.3, -0.25) is 4.79 Å². The topological polar surface area (TPSA) is 106 Å². The fourth-order valence-electron chi connectivity index (χ4n) is 1.84. The maximum Gasteiger partial charge on any atom is 0.269 e. The second-order valence-corrected chi connectivity index (χ2v) is 5.59. The third kappa shape index (κ3) is 2.69. The van der Waals surface area contributed by atoms with Crippen molar-refractivity contribution < 1.29 is 4.79 Å². The number of rotatable bonds is 4. The Hall–Kier alpha value is -2.22. The van der Waals surface area contributed by atoms with Crippen molar-refractivity contribution in [1.29, 1.82) is 0 Å². The molecular weight excluding hydrogens is 276 g/mol. The molecule has 0 radical (unpaired) electrons. The molecule has 1 saturated carbocycles. The molecule has 0 unspecified atom stereocenters. The van der Waals surface area contributed by atoms with Gasteiger partial charge in [-0.2, -0.15) is 0 Å². The van der Waals surface area contributed by atoms with Gasteiger partial charge in [-0.05, 0) is 19.3 Å². The monoisotopic (exact) mass is 290 g/mol. The molecule has 1 amide bonds. The van der Waals surface area contributed by atoms with E-state index in [1.54, 1.807) is 0 Å². The van der Waals surface area contributed by atoms with Crippen molar-refractivity contribution in [3.05, 3.63) is 23.6 Å². The third-order valence-electron chi connectivity index (χ3n) is 3.11. The molecule has 0 saturated heterocycles. The number of nitrogens with two attached hydrogens (primary N) is 1. The standard InChI is InChI=1S/C12H14N6OS/c13-10-9(11(19)16-8-4-14-6-15-5-8)20-12(18-10)17-7-2-1-3-7/h4-7H,1-3,13H2,(H,16,19)(H,17,18). The number of aromatic nitrogens is 3. The largest absolute Gasteiger partial charge is 0.382 e. The Balaban J connectivity index is 1.70. The lowest BCUT2D eigenvalue weighted by Crippen LogP contribution is -2.26. The lowest BCUT2D eigenvalue weighted by Gasteiger charge is -2.25. The van der Waals surface area contributed by atoms with E-state index in [1.807, 2.05) is 0 Å². The zero-order valence-electron chi connectivity index (χ0n) is 10.7. The van der Waals surface area contributed by atoms with Crippen LogP contribution >= 0.6 is 11.3 Å². The Morgan fingerprint density at radius 1 is 1.35 bits per heavy atom. The first-order valence-corrected chi connectivity index (χ1v) is 7.13. The van der Waals surface area contributed by atoms with E-state index >= 15 is 0 Å². The number of nitrogens with one attached hydrogen (secondary N) is 2. The van der Waals surface area contributed by atoms with Gasteiger partial charge < -0.3 is 16.4 Å². The van der Waals surface area contributed by atoms with Crippen LogP contribution in [0.4, 0.5) is 16.6 Å². The van der Waals surface area contributed by atoms with Crippen molar-refractivity contribution in [3.63, 3.8) is 0 Å². The second-order valence-electron chi connectivity index (χ2n) is 4.59. The Bertz CT molecular complexity index is 610. The molecule has 1 aliphatic rings. The summed E-state index contributed by atoms with van der Waals surface area (Å²) in [6, 6.07) is 0.457. The molecular formula is C12H14N6OS. The second kappa shape index (κ2) is 5.41. The molecule has 0 aromatic carbocycles. The van der Waals surface area contributed by atoms with Crippen molar-refractivity contribution in [3.8, 4) is 0 Å². The Morgan fingerprint density at radius 2 is 2.10 bits per heavy atom. The number of hydrogen-bond donors (Lipinski definition) is 3. The highest BCUT2D eigenvalue weighted by Crippen LogP contribution is 2.29. The summed E-state index contributed by atoms with van der Waals surface area (Å²) in [6.45, 7) is 0. The molecule has 104 valence electrons. The van der Waals surface area contributed by atoms with Crippen LogP contribution in [0.1, 0.15) is 28.9 Å². The predicted octanol–water partition coefficient (Wildman–Crippen LogP) is 1.73. The van der Waals surface area contributed by atoms with Gasteiger partial charge >= 0.3 is 0 Å².